The molecule has 1 saturated carbocycles. The Labute approximate surface area is 122 Å². The quantitative estimate of drug-likeness (QED) is 0.596. The minimum atomic E-state index is 0.0791. The summed E-state index contributed by atoms with van der Waals surface area (Å²) >= 11 is 1.28. The zero-order valence-electron chi connectivity index (χ0n) is 11.7. The second-order valence-corrected chi connectivity index (χ2v) is 6.17. The first-order valence-corrected chi connectivity index (χ1v) is 7.58. The second kappa shape index (κ2) is 6.25. The summed E-state index contributed by atoms with van der Waals surface area (Å²) < 4.78 is 5.43. The van der Waals surface area contributed by atoms with Crippen molar-refractivity contribution in [1.29, 1.82) is 5.26 Å². The molecule has 1 aromatic rings. The van der Waals surface area contributed by atoms with Crippen LogP contribution in [0.1, 0.15) is 41.9 Å². The number of rotatable bonds is 7. The monoisotopic (exact) mass is 293 g/mol. The number of carbonyl (C=O) groups is 1. The van der Waals surface area contributed by atoms with Crippen LogP contribution in [0.25, 0.3) is 0 Å². The van der Waals surface area contributed by atoms with Crippen molar-refractivity contribution in [3.8, 4) is 6.07 Å². The molecule has 20 heavy (non-hydrogen) atoms. The van der Waals surface area contributed by atoms with Crippen molar-refractivity contribution >= 4 is 27.8 Å². The molecule has 108 valence electrons. The number of ether oxygens (including phenoxy) is 1. The number of thiophene rings is 1. The molecule has 3 N–H and O–H groups in total. The number of nitrogen functional groups attached to an aromatic ring is 1. The number of nitrogens with zero attached hydrogens (tertiary/aromatic N) is 1. The highest BCUT2D eigenvalue weighted by Gasteiger charge is 2.34. The molecule has 0 aromatic carbocycles. The Morgan fingerprint density at radius 2 is 2.30 bits per heavy atom. The van der Waals surface area contributed by atoms with Crippen LogP contribution in [-0.2, 0) is 4.74 Å². The summed E-state index contributed by atoms with van der Waals surface area (Å²) in [5.74, 6) is 0.190. The summed E-state index contributed by atoms with van der Waals surface area (Å²) in [6.07, 6.45) is 2.04. The minimum Gasteiger partial charge on any atom is -0.396 e. The number of Topliss-reactive ketones (excluding diaryl/α,β-unsaturated/α-hetero) is 1. The standard InChI is InChI=1S/C14H19N3O2S/c1-8(2)19-6-5-17-14-10(7-15)11(16)13(20-14)12(18)9-3-4-9/h8-9,17H,3-6,16H2,1-2H3. The van der Waals surface area contributed by atoms with Gasteiger partial charge in [0.05, 0.1) is 23.3 Å². The predicted molar refractivity (Wildman–Crippen MR) is 80.1 cm³/mol. The lowest BCUT2D eigenvalue weighted by molar-refractivity contribution is 0.0871. The summed E-state index contributed by atoms with van der Waals surface area (Å²) in [5.41, 5.74) is 6.63. The third kappa shape index (κ3) is 3.30. The molecule has 2 rings (SSSR count). The van der Waals surface area contributed by atoms with Gasteiger partial charge in [-0.15, -0.1) is 11.3 Å². The van der Waals surface area contributed by atoms with Gasteiger partial charge in [0.15, 0.2) is 5.78 Å². The Morgan fingerprint density at radius 1 is 1.60 bits per heavy atom. The van der Waals surface area contributed by atoms with Crippen molar-refractivity contribution in [2.45, 2.75) is 32.8 Å². The summed E-state index contributed by atoms with van der Waals surface area (Å²) in [4.78, 5) is 12.6. The maximum atomic E-state index is 12.1. The van der Waals surface area contributed by atoms with Crippen LogP contribution in [0.15, 0.2) is 0 Å². The lowest BCUT2D eigenvalue weighted by Gasteiger charge is -2.08. The molecule has 0 amide bonds. The van der Waals surface area contributed by atoms with Crippen molar-refractivity contribution in [2.75, 3.05) is 24.2 Å². The van der Waals surface area contributed by atoms with Gasteiger partial charge in [-0.3, -0.25) is 4.79 Å². The van der Waals surface area contributed by atoms with Gasteiger partial charge in [0.1, 0.15) is 16.6 Å². The fraction of sp³-hybridized carbons (Fsp3) is 0.571. The average Bonchev–Trinajstić information content (AvgIpc) is 3.19. The smallest absolute Gasteiger partial charge is 0.178 e. The van der Waals surface area contributed by atoms with E-state index < -0.39 is 0 Å². The Kier molecular flexibility index (Phi) is 4.63. The van der Waals surface area contributed by atoms with E-state index >= 15 is 0 Å². The molecule has 0 unspecified atom stereocenters. The third-order valence-electron chi connectivity index (χ3n) is 3.07. The van der Waals surface area contributed by atoms with E-state index in [2.05, 4.69) is 11.4 Å². The van der Waals surface area contributed by atoms with Crippen LogP contribution in [0.4, 0.5) is 10.7 Å². The summed E-state index contributed by atoms with van der Waals surface area (Å²) in [7, 11) is 0. The van der Waals surface area contributed by atoms with Crippen LogP contribution < -0.4 is 11.1 Å². The number of nitriles is 1. The van der Waals surface area contributed by atoms with Crippen LogP contribution in [0, 0.1) is 17.2 Å². The van der Waals surface area contributed by atoms with Gasteiger partial charge in [-0.05, 0) is 26.7 Å². The highest BCUT2D eigenvalue weighted by molar-refractivity contribution is 7.19. The first kappa shape index (κ1) is 14.8. The number of hydrogen-bond donors (Lipinski definition) is 2. The van der Waals surface area contributed by atoms with Crippen LogP contribution >= 0.6 is 11.3 Å². The topological polar surface area (TPSA) is 88.1 Å². The zero-order valence-corrected chi connectivity index (χ0v) is 12.5. The van der Waals surface area contributed by atoms with E-state index in [-0.39, 0.29) is 17.8 Å². The summed E-state index contributed by atoms with van der Waals surface area (Å²) in [5, 5.41) is 13.0. The van der Waals surface area contributed by atoms with Crippen molar-refractivity contribution in [3.63, 3.8) is 0 Å². The number of nitrogens with two attached hydrogens (primary N) is 1. The van der Waals surface area contributed by atoms with Crippen molar-refractivity contribution in [3.05, 3.63) is 10.4 Å². The van der Waals surface area contributed by atoms with Crippen LogP contribution in [-0.4, -0.2) is 25.0 Å². The van der Waals surface area contributed by atoms with Gasteiger partial charge in [-0.25, -0.2) is 0 Å². The molecule has 1 aliphatic carbocycles. The van der Waals surface area contributed by atoms with Gasteiger partial charge in [0, 0.05) is 12.5 Å². The number of nitrogens with one attached hydrogen (secondary N) is 1. The molecule has 0 radical (unpaired) electrons. The molecular weight excluding hydrogens is 274 g/mol. The molecule has 0 bridgehead atoms. The van der Waals surface area contributed by atoms with E-state index in [0.717, 1.165) is 12.8 Å². The molecule has 1 aromatic heterocycles. The largest absolute Gasteiger partial charge is 0.396 e. The van der Waals surface area contributed by atoms with Gasteiger partial charge < -0.3 is 15.8 Å². The maximum Gasteiger partial charge on any atom is 0.178 e. The Hall–Kier alpha value is -1.58. The van der Waals surface area contributed by atoms with E-state index in [9.17, 15) is 10.1 Å². The number of hydrogen-bond acceptors (Lipinski definition) is 6. The van der Waals surface area contributed by atoms with E-state index in [4.69, 9.17) is 10.5 Å². The Bertz CT molecular complexity index is 541. The van der Waals surface area contributed by atoms with E-state index in [1.165, 1.54) is 11.3 Å². The normalized spacial score (nSPS) is 14.3. The first-order chi connectivity index (χ1) is 9.54. The number of anilines is 2. The SMILES string of the molecule is CC(C)OCCNc1sc(C(=O)C2CC2)c(N)c1C#N. The molecule has 1 fully saturated rings. The average molecular weight is 293 g/mol. The molecule has 0 aliphatic heterocycles. The van der Waals surface area contributed by atoms with Crippen LogP contribution in [0.2, 0.25) is 0 Å². The van der Waals surface area contributed by atoms with Crippen LogP contribution in [0.3, 0.4) is 0 Å². The molecule has 0 atom stereocenters. The summed E-state index contributed by atoms with van der Waals surface area (Å²) in [6, 6.07) is 2.08. The first-order valence-electron chi connectivity index (χ1n) is 6.76. The molecule has 1 aliphatic rings. The number of ketones is 1. The highest BCUT2D eigenvalue weighted by atomic mass is 32.1. The van der Waals surface area contributed by atoms with E-state index in [1.807, 2.05) is 13.8 Å². The zero-order chi connectivity index (χ0) is 14.7. The molecule has 0 spiro atoms. The van der Waals surface area contributed by atoms with Crippen molar-refractivity contribution in [1.82, 2.24) is 0 Å². The van der Waals surface area contributed by atoms with Crippen LogP contribution in [0.5, 0.6) is 0 Å². The van der Waals surface area contributed by atoms with Gasteiger partial charge >= 0.3 is 0 Å². The van der Waals surface area contributed by atoms with Crippen molar-refractivity contribution < 1.29 is 9.53 Å². The Morgan fingerprint density at radius 3 is 2.85 bits per heavy atom. The molecule has 1 heterocycles. The molecular formula is C14H19N3O2S. The Balaban J connectivity index is 2.06. The summed E-state index contributed by atoms with van der Waals surface area (Å²) in [6.45, 7) is 5.07. The lowest BCUT2D eigenvalue weighted by Crippen LogP contribution is -2.13. The highest BCUT2D eigenvalue weighted by Crippen LogP contribution is 2.41. The van der Waals surface area contributed by atoms with Gasteiger partial charge in [0.25, 0.3) is 0 Å². The third-order valence-corrected chi connectivity index (χ3v) is 4.25. The maximum absolute atomic E-state index is 12.1. The van der Waals surface area contributed by atoms with Gasteiger partial charge in [0.2, 0.25) is 0 Å². The van der Waals surface area contributed by atoms with Gasteiger partial charge in [-0.1, -0.05) is 0 Å². The van der Waals surface area contributed by atoms with Gasteiger partial charge in [-0.2, -0.15) is 5.26 Å². The van der Waals surface area contributed by atoms with E-state index in [1.54, 1.807) is 0 Å². The molecule has 0 saturated heterocycles. The minimum absolute atomic E-state index is 0.0791. The lowest BCUT2D eigenvalue weighted by atomic mass is 10.1. The fourth-order valence-electron chi connectivity index (χ4n) is 1.85. The molecule has 5 nitrogen and oxygen atoms in total. The fourth-order valence-corrected chi connectivity index (χ4v) is 2.97. The molecule has 6 heteroatoms. The number of carbonyl (C=O) groups excluding carboxylic acids is 1. The van der Waals surface area contributed by atoms with Crippen molar-refractivity contribution in [2.24, 2.45) is 5.92 Å². The predicted octanol–water partition coefficient (Wildman–Crippen LogP) is 2.63. The van der Waals surface area contributed by atoms with E-state index in [0.29, 0.717) is 34.3 Å². The second-order valence-electron chi connectivity index (χ2n) is 5.15.